The second-order valence-electron chi connectivity index (χ2n) is 3.80. The van der Waals surface area contributed by atoms with Gasteiger partial charge in [-0.15, -0.1) is 0 Å². The van der Waals surface area contributed by atoms with Crippen LogP contribution in [-0.2, 0) is 0 Å². The molecule has 0 radical (unpaired) electrons. The number of rotatable bonds is 1. The second-order valence-corrected chi connectivity index (χ2v) is 3.80. The summed E-state index contributed by atoms with van der Waals surface area (Å²) in [5.41, 5.74) is 2.02. The zero-order chi connectivity index (χ0) is 10.1. The first kappa shape index (κ1) is 9.49. The first-order valence-corrected chi connectivity index (χ1v) is 4.89. The molecule has 0 fully saturated rings. The predicted octanol–water partition coefficient (Wildman–Crippen LogP) is 0.937. The Balaban J connectivity index is 2.41. The Kier molecular flexibility index (Phi) is 2.44. The summed E-state index contributed by atoms with van der Waals surface area (Å²) >= 11 is 0. The third kappa shape index (κ3) is 1.49. The van der Waals surface area contributed by atoms with Gasteiger partial charge in [-0.05, 0) is 18.6 Å². The van der Waals surface area contributed by atoms with Crippen LogP contribution in [-0.4, -0.2) is 29.0 Å². The van der Waals surface area contributed by atoms with E-state index in [1.54, 1.807) is 6.92 Å². The highest BCUT2D eigenvalue weighted by Gasteiger charge is 2.30. The average molecular weight is 193 g/mol. The Hall–Kier alpha value is -1.06. The van der Waals surface area contributed by atoms with E-state index in [9.17, 15) is 10.2 Å². The van der Waals surface area contributed by atoms with Crippen LogP contribution in [0.4, 0.5) is 5.69 Å². The molecule has 0 amide bonds. The summed E-state index contributed by atoms with van der Waals surface area (Å²) in [6, 6.07) is 7.79. The summed E-state index contributed by atoms with van der Waals surface area (Å²) in [5, 5.41) is 22.5. The van der Waals surface area contributed by atoms with Gasteiger partial charge in [-0.3, -0.25) is 0 Å². The fourth-order valence-corrected chi connectivity index (χ4v) is 2.08. The summed E-state index contributed by atoms with van der Waals surface area (Å²) in [7, 11) is 0. The van der Waals surface area contributed by atoms with Gasteiger partial charge in [0.2, 0.25) is 0 Å². The van der Waals surface area contributed by atoms with E-state index in [2.05, 4.69) is 5.32 Å². The molecule has 3 heteroatoms. The van der Waals surface area contributed by atoms with Gasteiger partial charge >= 0.3 is 0 Å². The van der Waals surface area contributed by atoms with Gasteiger partial charge in [0.25, 0.3) is 0 Å². The lowest BCUT2D eigenvalue weighted by molar-refractivity contribution is 0.0667. The molecule has 0 aromatic heterocycles. The maximum atomic E-state index is 9.76. The average Bonchev–Trinajstić information content (AvgIpc) is 2.17. The predicted molar refractivity (Wildman–Crippen MR) is 55.4 cm³/mol. The lowest BCUT2D eigenvalue weighted by Gasteiger charge is -2.33. The standard InChI is InChI=1S/C11H15NO2/c1-7(13)11-8-4-2-3-5-9(8)12-6-10(11)14/h2-5,7,10-14H,6H2,1H3/t7-,10+,11+/m0/s1. The Bertz CT molecular complexity index is 325. The fraction of sp³-hybridized carbons (Fsp3) is 0.455. The highest BCUT2D eigenvalue weighted by molar-refractivity contribution is 5.55. The molecule has 0 saturated heterocycles. The summed E-state index contributed by atoms with van der Waals surface area (Å²) in [6.07, 6.45) is -1.03. The van der Waals surface area contributed by atoms with Crippen LogP contribution in [0.2, 0.25) is 0 Å². The molecule has 1 aromatic carbocycles. The van der Waals surface area contributed by atoms with Crippen LogP contribution in [0.5, 0.6) is 0 Å². The molecule has 3 nitrogen and oxygen atoms in total. The van der Waals surface area contributed by atoms with Crippen molar-refractivity contribution in [3.63, 3.8) is 0 Å². The van der Waals surface area contributed by atoms with Crippen molar-refractivity contribution in [3.05, 3.63) is 29.8 Å². The minimum atomic E-state index is -0.520. The van der Waals surface area contributed by atoms with Crippen molar-refractivity contribution in [2.24, 2.45) is 0 Å². The van der Waals surface area contributed by atoms with Crippen molar-refractivity contribution in [3.8, 4) is 0 Å². The van der Waals surface area contributed by atoms with Crippen LogP contribution in [0, 0.1) is 0 Å². The van der Waals surface area contributed by atoms with Crippen molar-refractivity contribution in [1.29, 1.82) is 0 Å². The SMILES string of the molecule is C[C@H](O)[C@@H]1c2ccccc2NC[C@H]1O. The Morgan fingerprint density at radius 1 is 1.43 bits per heavy atom. The summed E-state index contributed by atoms with van der Waals surface area (Å²) in [6.45, 7) is 2.22. The number of aliphatic hydroxyl groups excluding tert-OH is 2. The number of para-hydroxylation sites is 1. The Morgan fingerprint density at radius 2 is 2.14 bits per heavy atom. The van der Waals surface area contributed by atoms with Gasteiger partial charge in [-0.1, -0.05) is 18.2 Å². The molecule has 0 aliphatic carbocycles. The number of hydrogen-bond acceptors (Lipinski definition) is 3. The number of nitrogens with one attached hydrogen (secondary N) is 1. The number of hydrogen-bond donors (Lipinski definition) is 3. The molecule has 0 unspecified atom stereocenters. The molecule has 1 aromatic rings. The van der Waals surface area contributed by atoms with Crippen molar-refractivity contribution in [2.45, 2.75) is 25.0 Å². The van der Waals surface area contributed by atoms with Gasteiger partial charge < -0.3 is 15.5 Å². The van der Waals surface area contributed by atoms with Crippen LogP contribution in [0.3, 0.4) is 0 Å². The van der Waals surface area contributed by atoms with Gasteiger partial charge in [-0.2, -0.15) is 0 Å². The van der Waals surface area contributed by atoms with Crippen molar-refractivity contribution < 1.29 is 10.2 Å². The van der Waals surface area contributed by atoms with E-state index < -0.39 is 12.2 Å². The minimum absolute atomic E-state index is 0.174. The molecule has 3 atom stereocenters. The van der Waals surface area contributed by atoms with E-state index in [1.165, 1.54) is 0 Å². The number of aliphatic hydroxyl groups is 2. The van der Waals surface area contributed by atoms with Crippen LogP contribution < -0.4 is 5.32 Å². The third-order valence-electron chi connectivity index (χ3n) is 2.76. The van der Waals surface area contributed by atoms with E-state index in [4.69, 9.17) is 0 Å². The zero-order valence-electron chi connectivity index (χ0n) is 8.14. The molecule has 1 aliphatic heterocycles. The first-order valence-electron chi connectivity index (χ1n) is 4.89. The molecular weight excluding hydrogens is 178 g/mol. The molecule has 0 spiro atoms. The van der Waals surface area contributed by atoms with Gasteiger partial charge in [0.15, 0.2) is 0 Å². The number of anilines is 1. The Labute approximate surface area is 83.4 Å². The van der Waals surface area contributed by atoms with Crippen LogP contribution in [0.25, 0.3) is 0 Å². The summed E-state index contributed by atoms with van der Waals surface area (Å²) in [4.78, 5) is 0. The highest BCUT2D eigenvalue weighted by Crippen LogP contribution is 2.33. The Morgan fingerprint density at radius 3 is 2.86 bits per heavy atom. The lowest BCUT2D eigenvalue weighted by Crippen LogP contribution is -2.37. The van der Waals surface area contributed by atoms with Crippen LogP contribution >= 0.6 is 0 Å². The molecule has 3 N–H and O–H groups in total. The molecule has 76 valence electrons. The third-order valence-corrected chi connectivity index (χ3v) is 2.76. The molecule has 0 saturated carbocycles. The topological polar surface area (TPSA) is 52.5 Å². The quantitative estimate of drug-likeness (QED) is 0.622. The molecule has 14 heavy (non-hydrogen) atoms. The summed E-state index contributed by atoms with van der Waals surface area (Å²) < 4.78 is 0. The largest absolute Gasteiger partial charge is 0.393 e. The molecular formula is C11H15NO2. The molecule has 1 heterocycles. The van der Waals surface area contributed by atoms with Crippen molar-refractivity contribution in [2.75, 3.05) is 11.9 Å². The lowest BCUT2D eigenvalue weighted by atomic mass is 9.85. The van der Waals surface area contributed by atoms with E-state index >= 15 is 0 Å². The van der Waals surface area contributed by atoms with Crippen molar-refractivity contribution >= 4 is 5.69 Å². The summed E-state index contributed by atoms with van der Waals surface area (Å²) in [5.74, 6) is -0.174. The van der Waals surface area contributed by atoms with E-state index in [-0.39, 0.29) is 5.92 Å². The van der Waals surface area contributed by atoms with E-state index in [0.29, 0.717) is 6.54 Å². The molecule has 0 bridgehead atoms. The van der Waals surface area contributed by atoms with Crippen LogP contribution in [0.1, 0.15) is 18.4 Å². The maximum Gasteiger partial charge on any atom is 0.0806 e. The van der Waals surface area contributed by atoms with Gasteiger partial charge in [0.05, 0.1) is 12.2 Å². The van der Waals surface area contributed by atoms with Crippen LogP contribution in [0.15, 0.2) is 24.3 Å². The van der Waals surface area contributed by atoms with E-state index in [0.717, 1.165) is 11.3 Å². The monoisotopic (exact) mass is 193 g/mol. The fourth-order valence-electron chi connectivity index (χ4n) is 2.08. The van der Waals surface area contributed by atoms with Gasteiger partial charge in [0.1, 0.15) is 0 Å². The highest BCUT2D eigenvalue weighted by atomic mass is 16.3. The number of benzene rings is 1. The smallest absolute Gasteiger partial charge is 0.0806 e. The normalized spacial score (nSPS) is 27.6. The zero-order valence-corrected chi connectivity index (χ0v) is 8.14. The maximum absolute atomic E-state index is 9.76. The second kappa shape index (κ2) is 3.59. The van der Waals surface area contributed by atoms with Gasteiger partial charge in [-0.25, -0.2) is 0 Å². The van der Waals surface area contributed by atoms with Gasteiger partial charge in [0, 0.05) is 18.2 Å². The van der Waals surface area contributed by atoms with E-state index in [1.807, 2.05) is 24.3 Å². The van der Waals surface area contributed by atoms with Crippen molar-refractivity contribution in [1.82, 2.24) is 0 Å². The molecule has 1 aliphatic rings. The number of fused-ring (bicyclic) bond motifs is 1. The number of β-amino-alcohol motifs (C(OH)–C–C–N with tert-alkyl or cyclic N) is 1. The first-order chi connectivity index (χ1) is 6.70. The minimum Gasteiger partial charge on any atom is -0.393 e. The molecule has 2 rings (SSSR count).